The van der Waals surface area contributed by atoms with E-state index in [0.717, 1.165) is 24.8 Å². The predicted molar refractivity (Wildman–Crippen MR) is 112 cm³/mol. The highest BCUT2D eigenvalue weighted by Gasteiger charge is 2.70. The van der Waals surface area contributed by atoms with E-state index >= 15 is 0 Å². The third kappa shape index (κ3) is 2.77. The quantitative estimate of drug-likeness (QED) is 0.383. The minimum Gasteiger partial charge on any atom is -0.422 e. The summed E-state index contributed by atoms with van der Waals surface area (Å²) in [5.74, 6) is -2.40. The van der Waals surface area contributed by atoms with Crippen LogP contribution in [0.3, 0.4) is 0 Å². The zero-order valence-corrected chi connectivity index (χ0v) is 18.6. The molecule has 0 saturated heterocycles. The van der Waals surface area contributed by atoms with Crippen molar-refractivity contribution in [2.24, 2.45) is 28.6 Å². The van der Waals surface area contributed by atoms with Gasteiger partial charge in [-0.05, 0) is 62.4 Å². The Morgan fingerprint density at radius 3 is 2.27 bits per heavy atom. The second-order valence-electron chi connectivity index (χ2n) is 9.87. The molecule has 0 heterocycles. The average molecular weight is 413 g/mol. The topological polar surface area (TPSA) is 69.7 Å². The van der Waals surface area contributed by atoms with E-state index < -0.39 is 23.1 Å². The molecule has 0 spiro atoms. The van der Waals surface area contributed by atoms with E-state index in [4.69, 9.17) is 9.47 Å². The minimum atomic E-state index is -1.48. The summed E-state index contributed by atoms with van der Waals surface area (Å²) in [5, 5.41) is 0. The first-order valence-electron chi connectivity index (χ1n) is 11.0. The maximum atomic E-state index is 12.7. The highest BCUT2D eigenvalue weighted by molar-refractivity contribution is 5.81. The molecule has 0 aromatic carbocycles. The fraction of sp³-hybridized carbons (Fsp3) is 0.640. The van der Waals surface area contributed by atoms with Crippen LogP contribution in [0.15, 0.2) is 35.5 Å². The van der Waals surface area contributed by atoms with Gasteiger partial charge < -0.3 is 9.47 Å². The first kappa shape index (κ1) is 21.1. The van der Waals surface area contributed by atoms with Gasteiger partial charge in [0.2, 0.25) is 0 Å². The van der Waals surface area contributed by atoms with E-state index in [0.29, 0.717) is 12.8 Å². The van der Waals surface area contributed by atoms with Crippen LogP contribution in [0.1, 0.15) is 66.7 Å². The van der Waals surface area contributed by atoms with E-state index in [1.165, 1.54) is 19.4 Å². The molecule has 4 aliphatic rings. The molecule has 0 unspecified atom stereocenters. The van der Waals surface area contributed by atoms with Crippen molar-refractivity contribution in [3.63, 3.8) is 0 Å². The SMILES string of the molecule is CC(=O)OC1(OC(C)=O)C[C@H]2[C@@H](CC=C3C=CCC[C@@]32C)C2=CC[C@H](C(C)=O)[C@]21C. The van der Waals surface area contributed by atoms with Crippen LogP contribution in [0.4, 0.5) is 0 Å². The third-order valence-electron chi connectivity index (χ3n) is 8.34. The van der Waals surface area contributed by atoms with Crippen molar-refractivity contribution in [2.75, 3.05) is 0 Å². The molecule has 0 radical (unpaired) electrons. The lowest BCUT2D eigenvalue weighted by Crippen LogP contribution is -2.64. The monoisotopic (exact) mass is 412 g/mol. The number of hydrogen-bond acceptors (Lipinski definition) is 5. The van der Waals surface area contributed by atoms with Crippen LogP contribution >= 0.6 is 0 Å². The Kier molecular flexibility index (Phi) is 4.87. The number of hydrogen-bond donors (Lipinski definition) is 0. The smallest absolute Gasteiger partial charge is 0.305 e. The molecular weight excluding hydrogens is 380 g/mol. The van der Waals surface area contributed by atoms with Gasteiger partial charge in [-0.25, -0.2) is 0 Å². The molecule has 30 heavy (non-hydrogen) atoms. The Hall–Kier alpha value is -2.17. The predicted octanol–water partition coefficient (Wildman–Crippen LogP) is 4.67. The summed E-state index contributed by atoms with van der Waals surface area (Å²) in [7, 11) is 0. The standard InChI is InChI=1S/C25H32O5/c1-15(26)20-11-12-21-19-10-9-18-8-6-7-13-23(18,4)22(19)14-25(24(20,21)5,29-16(2)27)30-17(3)28/h6,8-9,12,19-20,22H,7,10-11,13-14H2,1-5H3/t19-,20+,22-,23-,24+/m0/s1. The maximum Gasteiger partial charge on any atom is 0.305 e. The van der Waals surface area contributed by atoms with Crippen molar-refractivity contribution < 1.29 is 23.9 Å². The fourth-order valence-corrected chi connectivity index (χ4v) is 6.97. The summed E-state index contributed by atoms with van der Waals surface area (Å²) in [6.07, 6.45) is 12.8. The number of carbonyl (C=O) groups is 3. The minimum absolute atomic E-state index is 0.0322. The van der Waals surface area contributed by atoms with Gasteiger partial charge in [0, 0.05) is 26.2 Å². The van der Waals surface area contributed by atoms with E-state index in [2.05, 4.69) is 31.2 Å². The molecule has 0 bridgehead atoms. The van der Waals surface area contributed by atoms with Crippen molar-refractivity contribution in [1.82, 2.24) is 0 Å². The molecule has 4 aliphatic carbocycles. The summed E-state index contributed by atoms with van der Waals surface area (Å²) >= 11 is 0. The van der Waals surface area contributed by atoms with Gasteiger partial charge in [-0.3, -0.25) is 14.4 Å². The lowest BCUT2D eigenvalue weighted by molar-refractivity contribution is -0.289. The number of rotatable bonds is 3. The second-order valence-corrected chi connectivity index (χ2v) is 9.87. The van der Waals surface area contributed by atoms with Crippen LogP contribution in [-0.4, -0.2) is 23.5 Å². The van der Waals surface area contributed by atoms with Gasteiger partial charge in [0.25, 0.3) is 5.79 Å². The number of Topliss-reactive ketones (excluding diaryl/α,β-unsaturated/α-hetero) is 1. The Morgan fingerprint density at radius 1 is 1.00 bits per heavy atom. The molecular formula is C25H32O5. The van der Waals surface area contributed by atoms with Gasteiger partial charge in [-0.2, -0.15) is 0 Å². The molecule has 162 valence electrons. The highest BCUT2D eigenvalue weighted by atomic mass is 16.7. The van der Waals surface area contributed by atoms with E-state index in [9.17, 15) is 14.4 Å². The van der Waals surface area contributed by atoms with Gasteiger partial charge in [-0.15, -0.1) is 0 Å². The van der Waals surface area contributed by atoms with Crippen LogP contribution in [0.25, 0.3) is 0 Å². The van der Waals surface area contributed by atoms with Gasteiger partial charge in [0.05, 0.1) is 5.41 Å². The van der Waals surface area contributed by atoms with E-state index in [1.54, 1.807) is 6.92 Å². The molecule has 5 atom stereocenters. The first-order chi connectivity index (χ1) is 14.0. The van der Waals surface area contributed by atoms with Crippen LogP contribution in [-0.2, 0) is 23.9 Å². The molecule has 5 heteroatoms. The van der Waals surface area contributed by atoms with E-state index in [1.807, 2.05) is 6.92 Å². The molecule has 1 fully saturated rings. The second kappa shape index (κ2) is 6.93. The summed E-state index contributed by atoms with van der Waals surface area (Å²) in [6, 6.07) is 0. The molecule has 0 aromatic heterocycles. The largest absolute Gasteiger partial charge is 0.422 e. The molecule has 5 nitrogen and oxygen atoms in total. The fourth-order valence-electron chi connectivity index (χ4n) is 6.97. The van der Waals surface area contributed by atoms with Gasteiger partial charge in [0.15, 0.2) is 0 Å². The maximum absolute atomic E-state index is 12.7. The molecule has 4 rings (SSSR count). The normalized spacial score (nSPS) is 38.4. The molecule has 0 amide bonds. The highest BCUT2D eigenvalue weighted by Crippen LogP contribution is 2.68. The number of ketones is 1. The van der Waals surface area contributed by atoms with Crippen LogP contribution < -0.4 is 0 Å². The number of ether oxygens (including phenoxy) is 2. The van der Waals surface area contributed by atoms with Crippen molar-refractivity contribution in [1.29, 1.82) is 0 Å². The van der Waals surface area contributed by atoms with Crippen LogP contribution in [0.5, 0.6) is 0 Å². The Morgan fingerprint density at radius 2 is 1.67 bits per heavy atom. The molecule has 1 saturated carbocycles. The number of fused-ring (bicyclic) bond motifs is 5. The van der Waals surface area contributed by atoms with Crippen molar-refractivity contribution in [3.8, 4) is 0 Å². The first-order valence-corrected chi connectivity index (χ1v) is 11.0. The Labute approximate surface area is 178 Å². The average Bonchev–Trinajstić information content (AvgIpc) is 3.00. The number of allylic oxidation sites excluding steroid dienone is 5. The van der Waals surface area contributed by atoms with Crippen LogP contribution in [0, 0.1) is 28.6 Å². The lowest BCUT2D eigenvalue weighted by Gasteiger charge is -2.60. The summed E-state index contributed by atoms with van der Waals surface area (Å²) in [4.78, 5) is 37.3. The Bertz CT molecular complexity index is 877. The summed E-state index contributed by atoms with van der Waals surface area (Å²) in [6.45, 7) is 8.52. The third-order valence-corrected chi connectivity index (χ3v) is 8.34. The number of carbonyl (C=O) groups excluding carboxylic acids is 3. The van der Waals surface area contributed by atoms with Crippen molar-refractivity contribution in [2.45, 2.75) is 72.5 Å². The van der Waals surface area contributed by atoms with Crippen LogP contribution in [0.2, 0.25) is 0 Å². The Balaban J connectivity index is 1.92. The zero-order valence-electron chi connectivity index (χ0n) is 18.6. The van der Waals surface area contributed by atoms with Gasteiger partial charge in [0.1, 0.15) is 5.78 Å². The lowest BCUT2D eigenvalue weighted by atomic mass is 9.47. The van der Waals surface area contributed by atoms with Crippen molar-refractivity contribution in [3.05, 3.63) is 35.5 Å². The molecule has 0 N–H and O–H groups in total. The summed E-state index contributed by atoms with van der Waals surface area (Å²) in [5.41, 5.74) is 1.50. The molecule has 0 aliphatic heterocycles. The van der Waals surface area contributed by atoms with Crippen molar-refractivity contribution >= 4 is 17.7 Å². The molecule has 0 aromatic rings. The van der Waals surface area contributed by atoms with Gasteiger partial charge >= 0.3 is 11.9 Å². The summed E-state index contributed by atoms with van der Waals surface area (Å²) < 4.78 is 11.9. The zero-order chi connectivity index (χ0) is 21.9. The van der Waals surface area contributed by atoms with E-state index in [-0.39, 0.29) is 29.0 Å². The number of esters is 2. The van der Waals surface area contributed by atoms with Gasteiger partial charge in [-0.1, -0.05) is 36.8 Å².